The van der Waals surface area contributed by atoms with Gasteiger partial charge in [-0.25, -0.2) is 13.6 Å². The van der Waals surface area contributed by atoms with E-state index < -0.39 is 28.6 Å². The maximum atomic E-state index is 15.0. The van der Waals surface area contributed by atoms with Gasteiger partial charge in [0, 0.05) is 0 Å². The standard InChI is InChI=1S/C17H9F2NO3S/c18-10-6-9-14(13(19)11(10)8-4-2-1-3-5-8)20-7-24-16(20)12(15(9)21)17(22)23/h1-6H,7H2,(H,22,23). The minimum Gasteiger partial charge on any atom is -0.477 e. The number of fused-ring (bicyclic) bond motifs is 3. The van der Waals surface area contributed by atoms with E-state index in [1.807, 2.05) is 0 Å². The summed E-state index contributed by atoms with van der Waals surface area (Å²) in [5, 5.41) is 9.16. The molecular formula is C17H9F2NO3S. The lowest BCUT2D eigenvalue weighted by Crippen LogP contribution is -2.26. The minimum absolute atomic E-state index is 0.0565. The molecule has 2 aromatic carbocycles. The van der Waals surface area contributed by atoms with Crippen molar-refractivity contribution in [2.75, 3.05) is 0 Å². The zero-order valence-corrected chi connectivity index (χ0v) is 12.9. The Hall–Kier alpha value is -2.67. The van der Waals surface area contributed by atoms with E-state index in [2.05, 4.69) is 0 Å². The van der Waals surface area contributed by atoms with Gasteiger partial charge in [0.05, 0.1) is 27.4 Å². The Morgan fingerprint density at radius 3 is 2.50 bits per heavy atom. The monoisotopic (exact) mass is 345 g/mol. The van der Waals surface area contributed by atoms with Crippen LogP contribution in [0.2, 0.25) is 0 Å². The van der Waals surface area contributed by atoms with Gasteiger partial charge in [-0.3, -0.25) is 4.79 Å². The Morgan fingerprint density at radius 2 is 1.92 bits per heavy atom. The second-order valence-electron chi connectivity index (χ2n) is 5.33. The fraction of sp³-hybridized carbons (Fsp3) is 0.0588. The van der Waals surface area contributed by atoms with Crippen LogP contribution in [0.4, 0.5) is 8.78 Å². The minimum atomic E-state index is -1.40. The van der Waals surface area contributed by atoms with Gasteiger partial charge < -0.3 is 9.67 Å². The Bertz CT molecular complexity index is 1080. The fourth-order valence-electron chi connectivity index (χ4n) is 2.90. The molecule has 3 aromatic rings. The normalized spacial score (nSPS) is 12.8. The Balaban J connectivity index is 2.16. The van der Waals surface area contributed by atoms with E-state index in [-0.39, 0.29) is 21.5 Å². The quantitative estimate of drug-likeness (QED) is 0.769. The molecule has 1 aromatic heterocycles. The van der Waals surface area contributed by atoms with Crippen LogP contribution in [0.15, 0.2) is 46.2 Å². The van der Waals surface area contributed by atoms with Crippen molar-refractivity contribution in [3.05, 3.63) is 63.8 Å². The highest BCUT2D eigenvalue weighted by atomic mass is 32.2. The number of thioether (sulfide) groups is 1. The zero-order chi connectivity index (χ0) is 17.0. The summed E-state index contributed by atoms with van der Waals surface area (Å²) in [4.78, 5) is 23.7. The molecule has 0 bridgehead atoms. The van der Waals surface area contributed by atoms with E-state index in [1.54, 1.807) is 30.3 Å². The molecule has 1 aliphatic heterocycles. The first-order valence-corrected chi connectivity index (χ1v) is 7.99. The smallest absolute Gasteiger partial charge is 0.342 e. The number of aromatic nitrogens is 1. The van der Waals surface area contributed by atoms with Gasteiger partial charge >= 0.3 is 5.97 Å². The summed E-state index contributed by atoms with van der Waals surface area (Å²) in [6.45, 7) is 0. The van der Waals surface area contributed by atoms with Gasteiger partial charge in [-0.05, 0) is 11.6 Å². The number of aromatic carboxylic acids is 1. The largest absolute Gasteiger partial charge is 0.477 e. The van der Waals surface area contributed by atoms with Gasteiger partial charge in [-0.1, -0.05) is 42.1 Å². The molecule has 120 valence electrons. The van der Waals surface area contributed by atoms with Crippen LogP contribution in [0.5, 0.6) is 0 Å². The molecule has 0 radical (unpaired) electrons. The van der Waals surface area contributed by atoms with Crippen LogP contribution < -0.4 is 5.43 Å². The molecule has 0 saturated heterocycles. The van der Waals surface area contributed by atoms with E-state index in [0.29, 0.717) is 11.4 Å². The summed E-state index contributed by atoms with van der Waals surface area (Å²) < 4.78 is 30.9. The number of carboxylic acids is 1. The lowest BCUT2D eigenvalue weighted by atomic mass is 10.0. The summed E-state index contributed by atoms with van der Waals surface area (Å²) >= 11 is 1.15. The van der Waals surface area contributed by atoms with Crippen molar-refractivity contribution in [3.63, 3.8) is 0 Å². The first-order valence-electron chi connectivity index (χ1n) is 7.00. The molecule has 7 heteroatoms. The Labute approximate surface area is 138 Å². The predicted molar refractivity (Wildman–Crippen MR) is 86.4 cm³/mol. The van der Waals surface area contributed by atoms with Crippen LogP contribution in [0.25, 0.3) is 22.0 Å². The van der Waals surface area contributed by atoms with Crippen LogP contribution in [-0.4, -0.2) is 15.6 Å². The molecule has 0 atom stereocenters. The number of pyridine rings is 1. The predicted octanol–water partition coefficient (Wildman–Crippen LogP) is 3.71. The average Bonchev–Trinajstić information content (AvgIpc) is 2.52. The third-order valence-corrected chi connectivity index (χ3v) is 5.08. The summed E-state index contributed by atoms with van der Waals surface area (Å²) in [5.74, 6) is -2.84. The number of halogens is 2. The van der Waals surface area contributed by atoms with Gasteiger partial charge in [0.25, 0.3) is 0 Å². The lowest BCUT2D eigenvalue weighted by Gasteiger charge is -2.26. The summed E-state index contributed by atoms with van der Waals surface area (Å²) in [7, 11) is 0. The van der Waals surface area contributed by atoms with Crippen molar-refractivity contribution in [2.45, 2.75) is 10.9 Å². The van der Waals surface area contributed by atoms with Crippen LogP contribution in [0.3, 0.4) is 0 Å². The molecule has 2 heterocycles. The molecule has 0 fully saturated rings. The molecular weight excluding hydrogens is 336 g/mol. The fourth-order valence-corrected chi connectivity index (χ4v) is 3.83. The molecule has 4 nitrogen and oxygen atoms in total. The van der Waals surface area contributed by atoms with E-state index in [4.69, 9.17) is 0 Å². The summed E-state index contributed by atoms with van der Waals surface area (Å²) in [6.07, 6.45) is 0. The number of hydrogen-bond acceptors (Lipinski definition) is 3. The first-order chi connectivity index (χ1) is 11.5. The number of benzene rings is 2. The van der Waals surface area contributed by atoms with Crippen molar-refractivity contribution < 1.29 is 18.7 Å². The molecule has 24 heavy (non-hydrogen) atoms. The van der Waals surface area contributed by atoms with Gasteiger partial charge in [0.15, 0.2) is 5.82 Å². The van der Waals surface area contributed by atoms with Gasteiger partial charge in [-0.15, -0.1) is 0 Å². The van der Waals surface area contributed by atoms with E-state index in [9.17, 15) is 19.1 Å². The molecule has 0 spiro atoms. The third kappa shape index (κ3) is 1.91. The SMILES string of the molecule is O=C(O)c1c2n(c3c(F)c(-c4ccccc4)c(F)cc3c1=O)CS2. The molecule has 1 N–H and O–H groups in total. The lowest BCUT2D eigenvalue weighted by molar-refractivity contribution is 0.0689. The van der Waals surface area contributed by atoms with Gasteiger partial charge in [0.1, 0.15) is 11.4 Å². The van der Waals surface area contributed by atoms with Crippen LogP contribution in [0, 0.1) is 11.6 Å². The molecule has 4 rings (SSSR count). The van der Waals surface area contributed by atoms with Gasteiger partial charge in [0.2, 0.25) is 5.43 Å². The van der Waals surface area contributed by atoms with Crippen molar-refractivity contribution in [3.8, 4) is 11.1 Å². The second-order valence-corrected chi connectivity index (χ2v) is 6.26. The Kier molecular flexibility index (Phi) is 3.21. The molecule has 0 saturated carbocycles. The molecule has 0 aliphatic carbocycles. The molecule has 0 amide bonds. The van der Waals surface area contributed by atoms with Crippen molar-refractivity contribution in [2.24, 2.45) is 0 Å². The maximum Gasteiger partial charge on any atom is 0.342 e. The van der Waals surface area contributed by atoms with E-state index in [1.165, 1.54) is 4.57 Å². The zero-order valence-electron chi connectivity index (χ0n) is 12.0. The number of carboxylic acid groups (broad SMARTS) is 1. The number of carbonyl (C=O) groups is 1. The third-order valence-electron chi connectivity index (χ3n) is 4.00. The van der Waals surface area contributed by atoms with Crippen LogP contribution in [-0.2, 0) is 5.88 Å². The topological polar surface area (TPSA) is 59.3 Å². The van der Waals surface area contributed by atoms with Crippen LogP contribution in [0.1, 0.15) is 10.4 Å². The Morgan fingerprint density at radius 1 is 1.21 bits per heavy atom. The second kappa shape index (κ2) is 5.17. The van der Waals surface area contributed by atoms with Crippen molar-refractivity contribution in [1.29, 1.82) is 0 Å². The highest BCUT2D eigenvalue weighted by Gasteiger charge is 2.31. The van der Waals surface area contributed by atoms with Crippen LogP contribution >= 0.6 is 11.8 Å². The first kappa shape index (κ1) is 14.9. The van der Waals surface area contributed by atoms with Crippen molar-refractivity contribution in [1.82, 2.24) is 4.57 Å². The summed E-state index contributed by atoms with van der Waals surface area (Å²) in [6, 6.07) is 9.11. The summed E-state index contributed by atoms with van der Waals surface area (Å²) in [5.41, 5.74) is -1.24. The van der Waals surface area contributed by atoms with Crippen molar-refractivity contribution >= 4 is 28.6 Å². The van der Waals surface area contributed by atoms with E-state index >= 15 is 4.39 Å². The molecule has 0 unspecified atom stereocenters. The average molecular weight is 345 g/mol. The number of rotatable bonds is 2. The molecule has 1 aliphatic rings. The number of hydrogen-bond donors (Lipinski definition) is 1. The highest BCUT2D eigenvalue weighted by Crippen LogP contribution is 2.39. The maximum absolute atomic E-state index is 15.0. The highest BCUT2D eigenvalue weighted by molar-refractivity contribution is 7.99. The number of nitrogens with zero attached hydrogens (tertiary/aromatic N) is 1. The van der Waals surface area contributed by atoms with Gasteiger partial charge in [-0.2, -0.15) is 0 Å². The van der Waals surface area contributed by atoms with E-state index in [0.717, 1.165) is 17.8 Å².